The normalized spacial score (nSPS) is 11.8. The van der Waals surface area contributed by atoms with Gasteiger partial charge >= 0.3 is 0 Å². The summed E-state index contributed by atoms with van der Waals surface area (Å²) in [5.41, 5.74) is 4.61. The Balaban J connectivity index is 2.09. The Morgan fingerprint density at radius 3 is 2.43 bits per heavy atom. The average molecular weight is 285 g/mol. The van der Waals surface area contributed by atoms with Crippen molar-refractivity contribution < 1.29 is 0 Å². The van der Waals surface area contributed by atoms with Crippen molar-refractivity contribution in [3.63, 3.8) is 0 Å². The maximum atomic E-state index is 11.9. The summed E-state index contributed by atoms with van der Waals surface area (Å²) in [6.07, 6.45) is 1.65. The summed E-state index contributed by atoms with van der Waals surface area (Å²) in [7, 11) is 0. The summed E-state index contributed by atoms with van der Waals surface area (Å²) in [5.74, 6) is 0.219. The molecule has 0 saturated heterocycles. The van der Waals surface area contributed by atoms with Gasteiger partial charge in [0.2, 0.25) is 5.95 Å². The third-order valence-corrected chi connectivity index (χ3v) is 2.87. The molecule has 110 valence electrons. The van der Waals surface area contributed by atoms with Crippen LogP contribution in [0.1, 0.15) is 37.6 Å². The van der Waals surface area contributed by atoms with Gasteiger partial charge in [-0.25, -0.2) is 5.43 Å². The minimum absolute atomic E-state index is 0.219. The molecule has 0 aliphatic carbocycles. The van der Waals surface area contributed by atoms with Crippen molar-refractivity contribution in [3.05, 3.63) is 51.4 Å². The predicted octanol–water partition coefficient (Wildman–Crippen LogP) is 2.22. The van der Waals surface area contributed by atoms with Gasteiger partial charge in [0.25, 0.3) is 5.56 Å². The maximum Gasteiger partial charge on any atom is 0.274 e. The second-order valence-corrected chi connectivity index (χ2v) is 5.88. The fourth-order valence-electron chi connectivity index (χ4n) is 1.70. The van der Waals surface area contributed by atoms with Crippen LogP contribution in [-0.2, 0) is 5.41 Å². The van der Waals surface area contributed by atoms with Crippen LogP contribution in [0, 0.1) is 6.92 Å². The van der Waals surface area contributed by atoms with Crippen molar-refractivity contribution in [1.82, 2.24) is 15.2 Å². The first-order valence-electron chi connectivity index (χ1n) is 6.69. The number of benzene rings is 1. The van der Waals surface area contributed by atoms with E-state index in [1.807, 2.05) is 52.0 Å². The van der Waals surface area contributed by atoms with Crippen LogP contribution in [0.4, 0.5) is 5.95 Å². The zero-order chi connectivity index (χ0) is 15.5. The Morgan fingerprint density at radius 1 is 1.19 bits per heavy atom. The molecule has 0 fully saturated rings. The van der Waals surface area contributed by atoms with Crippen LogP contribution in [-0.4, -0.2) is 21.4 Å². The number of rotatable bonds is 3. The molecule has 21 heavy (non-hydrogen) atoms. The van der Waals surface area contributed by atoms with Gasteiger partial charge in [0.15, 0.2) is 0 Å². The highest BCUT2D eigenvalue weighted by Gasteiger charge is 2.20. The van der Waals surface area contributed by atoms with Crippen LogP contribution < -0.4 is 11.0 Å². The molecule has 2 N–H and O–H groups in total. The highest BCUT2D eigenvalue weighted by Crippen LogP contribution is 2.15. The van der Waals surface area contributed by atoms with E-state index in [1.165, 1.54) is 5.56 Å². The molecule has 0 unspecified atom stereocenters. The lowest BCUT2D eigenvalue weighted by Crippen LogP contribution is -2.28. The fraction of sp³-hybridized carbons (Fsp3) is 0.333. The van der Waals surface area contributed by atoms with Gasteiger partial charge in [0.1, 0.15) is 5.69 Å². The van der Waals surface area contributed by atoms with E-state index in [1.54, 1.807) is 6.21 Å². The summed E-state index contributed by atoms with van der Waals surface area (Å²) in [6, 6.07) is 7.91. The van der Waals surface area contributed by atoms with Crippen molar-refractivity contribution in [2.45, 2.75) is 33.1 Å². The van der Waals surface area contributed by atoms with Crippen LogP contribution in [0.2, 0.25) is 0 Å². The molecule has 6 nitrogen and oxygen atoms in total. The standard InChI is InChI=1S/C15H19N5O/c1-10-5-7-11(8-6-10)9-16-19-14-17-13(21)12(18-20-14)15(2,3)4/h5-9H,1-4H3,(H2,17,19,20,21)/b16-9+. The quantitative estimate of drug-likeness (QED) is 0.669. The summed E-state index contributed by atoms with van der Waals surface area (Å²) >= 11 is 0. The summed E-state index contributed by atoms with van der Waals surface area (Å²) < 4.78 is 0. The number of hydrogen-bond acceptors (Lipinski definition) is 5. The molecule has 0 atom stereocenters. The summed E-state index contributed by atoms with van der Waals surface area (Å²) in [4.78, 5) is 14.5. The number of aromatic amines is 1. The van der Waals surface area contributed by atoms with E-state index in [-0.39, 0.29) is 16.9 Å². The van der Waals surface area contributed by atoms with E-state index in [4.69, 9.17) is 0 Å². The van der Waals surface area contributed by atoms with Crippen molar-refractivity contribution >= 4 is 12.2 Å². The van der Waals surface area contributed by atoms with Crippen LogP contribution in [0.5, 0.6) is 0 Å². The van der Waals surface area contributed by atoms with E-state index >= 15 is 0 Å². The maximum absolute atomic E-state index is 11.9. The fourth-order valence-corrected chi connectivity index (χ4v) is 1.70. The molecule has 0 amide bonds. The highest BCUT2D eigenvalue weighted by molar-refractivity contribution is 5.79. The molecular formula is C15H19N5O. The van der Waals surface area contributed by atoms with Gasteiger partial charge < -0.3 is 0 Å². The van der Waals surface area contributed by atoms with E-state index in [0.717, 1.165) is 5.56 Å². The number of aromatic nitrogens is 3. The highest BCUT2D eigenvalue weighted by atomic mass is 16.1. The molecule has 1 aromatic carbocycles. The predicted molar refractivity (Wildman–Crippen MR) is 83.7 cm³/mol. The molecule has 0 aliphatic heterocycles. The molecule has 1 heterocycles. The molecule has 0 bridgehead atoms. The smallest absolute Gasteiger partial charge is 0.274 e. The van der Waals surface area contributed by atoms with Crippen molar-refractivity contribution in [3.8, 4) is 0 Å². The lowest BCUT2D eigenvalue weighted by molar-refractivity contribution is 0.547. The number of hydrazone groups is 1. The second-order valence-electron chi connectivity index (χ2n) is 5.88. The van der Waals surface area contributed by atoms with E-state index < -0.39 is 0 Å². The van der Waals surface area contributed by atoms with Gasteiger partial charge in [-0.05, 0) is 12.5 Å². The van der Waals surface area contributed by atoms with Crippen molar-refractivity contribution in [2.24, 2.45) is 5.10 Å². The first-order valence-corrected chi connectivity index (χ1v) is 6.69. The minimum Gasteiger partial charge on any atom is -0.288 e. The minimum atomic E-state index is -0.343. The van der Waals surface area contributed by atoms with Gasteiger partial charge in [-0.2, -0.15) is 5.10 Å². The third kappa shape index (κ3) is 3.98. The number of nitrogens with zero attached hydrogens (tertiary/aromatic N) is 3. The van der Waals surface area contributed by atoms with Crippen LogP contribution >= 0.6 is 0 Å². The Morgan fingerprint density at radius 2 is 1.86 bits per heavy atom. The molecule has 0 spiro atoms. The number of hydrogen-bond donors (Lipinski definition) is 2. The van der Waals surface area contributed by atoms with Crippen molar-refractivity contribution in [1.29, 1.82) is 0 Å². The number of aryl methyl sites for hydroxylation is 1. The molecule has 0 saturated carbocycles. The Kier molecular flexibility index (Phi) is 4.16. The number of nitrogens with one attached hydrogen (secondary N) is 2. The van der Waals surface area contributed by atoms with Gasteiger partial charge in [-0.3, -0.25) is 9.78 Å². The summed E-state index contributed by atoms with van der Waals surface area (Å²) in [5, 5.41) is 11.9. The third-order valence-electron chi connectivity index (χ3n) is 2.87. The molecule has 2 aromatic rings. The van der Waals surface area contributed by atoms with Crippen molar-refractivity contribution in [2.75, 3.05) is 5.43 Å². The summed E-state index contributed by atoms with van der Waals surface area (Å²) in [6.45, 7) is 7.76. The number of anilines is 1. The van der Waals surface area contributed by atoms with Gasteiger partial charge in [0, 0.05) is 5.41 Å². The molecule has 0 radical (unpaired) electrons. The number of H-pyrrole nitrogens is 1. The van der Waals surface area contributed by atoms with E-state index in [9.17, 15) is 4.79 Å². The topological polar surface area (TPSA) is 83.0 Å². The Hall–Kier alpha value is -2.50. The zero-order valence-corrected chi connectivity index (χ0v) is 12.6. The lowest BCUT2D eigenvalue weighted by Gasteiger charge is -2.15. The zero-order valence-electron chi connectivity index (χ0n) is 12.6. The first kappa shape index (κ1) is 14.9. The first-order chi connectivity index (χ1) is 9.86. The molecule has 2 rings (SSSR count). The largest absolute Gasteiger partial charge is 0.288 e. The van der Waals surface area contributed by atoms with Crippen LogP contribution in [0.15, 0.2) is 34.2 Å². The average Bonchev–Trinajstić information content (AvgIpc) is 2.40. The van der Waals surface area contributed by atoms with Gasteiger partial charge in [-0.15, -0.1) is 10.2 Å². The molecule has 0 aliphatic rings. The van der Waals surface area contributed by atoms with Gasteiger partial charge in [-0.1, -0.05) is 50.6 Å². The molecular weight excluding hydrogens is 266 g/mol. The molecule has 6 heteroatoms. The SMILES string of the molecule is Cc1ccc(/C=N/Nc2nnc(C(C)(C)C)c(=O)[nH]2)cc1. The second kappa shape index (κ2) is 5.87. The molecule has 1 aromatic heterocycles. The monoisotopic (exact) mass is 285 g/mol. The Bertz CT molecular complexity index is 695. The van der Waals surface area contributed by atoms with Gasteiger partial charge in [0.05, 0.1) is 6.21 Å². The lowest BCUT2D eigenvalue weighted by atomic mass is 9.93. The van der Waals surface area contributed by atoms with E-state index in [2.05, 4.69) is 25.7 Å². The van der Waals surface area contributed by atoms with Crippen LogP contribution in [0.3, 0.4) is 0 Å². The Labute approximate surface area is 123 Å². The van der Waals surface area contributed by atoms with Crippen LogP contribution in [0.25, 0.3) is 0 Å². The van der Waals surface area contributed by atoms with E-state index in [0.29, 0.717) is 5.69 Å².